The summed E-state index contributed by atoms with van der Waals surface area (Å²) in [5.74, 6) is 2.31. The maximum Gasteiger partial charge on any atom is 0.212 e. The van der Waals surface area contributed by atoms with Crippen LogP contribution in [0.2, 0.25) is 0 Å². The molecule has 1 fully saturated rings. The van der Waals surface area contributed by atoms with Crippen molar-refractivity contribution < 1.29 is 9.47 Å². The molecule has 2 heterocycles. The van der Waals surface area contributed by atoms with Gasteiger partial charge in [0, 0.05) is 25.4 Å². The van der Waals surface area contributed by atoms with Crippen LogP contribution in [0, 0.1) is 0 Å². The number of hydrogen-bond donors (Lipinski definition) is 2. The Hall–Kier alpha value is -2.07. The summed E-state index contributed by atoms with van der Waals surface area (Å²) in [4.78, 5) is 11.5. The molecule has 1 atom stereocenters. The van der Waals surface area contributed by atoms with E-state index in [1.807, 2.05) is 24.3 Å². The van der Waals surface area contributed by atoms with Crippen LogP contribution in [0.1, 0.15) is 36.9 Å². The van der Waals surface area contributed by atoms with E-state index >= 15 is 0 Å². The highest BCUT2D eigenvalue weighted by Gasteiger charge is 2.23. The molecule has 1 aromatic carbocycles. The number of guanidine groups is 1. The molecule has 0 aliphatic carbocycles. The summed E-state index contributed by atoms with van der Waals surface area (Å²) < 4.78 is 10.4. The molecule has 0 bridgehead atoms. The smallest absolute Gasteiger partial charge is 0.212 e. The van der Waals surface area contributed by atoms with Crippen molar-refractivity contribution in [2.75, 3.05) is 40.4 Å². The monoisotopic (exact) mass is 539 g/mol. The molecular formula is C23H34IN5O2. The Morgan fingerprint density at radius 1 is 1.06 bits per heavy atom. The van der Waals surface area contributed by atoms with Gasteiger partial charge in [0.15, 0.2) is 5.96 Å². The lowest BCUT2D eigenvalue weighted by Gasteiger charge is -2.29. The zero-order valence-electron chi connectivity index (χ0n) is 18.6. The lowest BCUT2D eigenvalue weighted by molar-refractivity contribution is 0.245. The van der Waals surface area contributed by atoms with Crippen LogP contribution in [-0.4, -0.2) is 56.2 Å². The molecule has 7 nitrogen and oxygen atoms in total. The largest absolute Gasteiger partial charge is 0.497 e. The van der Waals surface area contributed by atoms with Crippen LogP contribution >= 0.6 is 24.0 Å². The molecule has 0 spiro atoms. The van der Waals surface area contributed by atoms with Gasteiger partial charge in [-0.3, -0.25) is 4.90 Å². The van der Waals surface area contributed by atoms with E-state index in [-0.39, 0.29) is 24.0 Å². The zero-order chi connectivity index (χ0) is 21.2. The number of likely N-dealkylation sites (tertiary alicyclic amines) is 1. The van der Waals surface area contributed by atoms with E-state index in [4.69, 9.17) is 14.5 Å². The first-order chi connectivity index (χ1) is 14.7. The maximum absolute atomic E-state index is 5.32. The minimum Gasteiger partial charge on any atom is -0.497 e. The van der Waals surface area contributed by atoms with Crippen molar-refractivity contribution in [3.05, 3.63) is 53.7 Å². The number of hydrogen-bond acceptors (Lipinski definition) is 5. The minimum atomic E-state index is 0. The lowest BCUT2D eigenvalue weighted by atomic mass is 10.1. The quantitative estimate of drug-likeness (QED) is 0.288. The summed E-state index contributed by atoms with van der Waals surface area (Å²) in [7, 11) is 3.32. The summed E-state index contributed by atoms with van der Waals surface area (Å²) >= 11 is 0. The topological polar surface area (TPSA) is 71.0 Å². The van der Waals surface area contributed by atoms with E-state index in [9.17, 15) is 0 Å². The first-order valence-electron chi connectivity index (χ1n) is 10.6. The molecule has 170 valence electrons. The molecule has 1 aliphatic heterocycles. The van der Waals surface area contributed by atoms with E-state index in [1.54, 1.807) is 20.4 Å². The standard InChI is InChI=1S/C23H33N5O2.HI/c1-4-24-23(26-16-18-7-12-22(30-3)25-15-18)27-17-21(28-13-5-6-14-28)19-8-10-20(29-2)11-9-19;/h7-12,15,21H,4-6,13-14,16-17H2,1-3H3,(H2,24,26,27);1H. The predicted molar refractivity (Wildman–Crippen MR) is 136 cm³/mol. The highest BCUT2D eigenvalue weighted by Crippen LogP contribution is 2.26. The normalized spacial score (nSPS) is 15.1. The molecule has 0 amide bonds. The zero-order valence-corrected chi connectivity index (χ0v) is 21.0. The van der Waals surface area contributed by atoms with Gasteiger partial charge in [0.05, 0.1) is 26.8 Å². The van der Waals surface area contributed by atoms with E-state index in [1.165, 1.54) is 18.4 Å². The van der Waals surface area contributed by atoms with Crippen molar-refractivity contribution in [3.8, 4) is 11.6 Å². The Morgan fingerprint density at radius 2 is 1.81 bits per heavy atom. The van der Waals surface area contributed by atoms with E-state index in [0.29, 0.717) is 18.5 Å². The van der Waals surface area contributed by atoms with Crippen LogP contribution in [0.3, 0.4) is 0 Å². The number of ether oxygens (including phenoxy) is 2. The number of benzene rings is 1. The fourth-order valence-corrected chi connectivity index (χ4v) is 3.67. The number of aromatic nitrogens is 1. The summed E-state index contributed by atoms with van der Waals surface area (Å²) in [6, 6.07) is 12.5. The van der Waals surface area contributed by atoms with Gasteiger partial charge in [-0.25, -0.2) is 9.98 Å². The van der Waals surface area contributed by atoms with Crippen molar-refractivity contribution in [1.29, 1.82) is 0 Å². The number of halogens is 1. The molecule has 3 rings (SSSR count). The maximum atomic E-state index is 5.32. The Kier molecular flexibility index (Phi) is 10.9. The third kappa shape index (κ3) is 7.53. The number of aliphatic imine (C=N–C) groups is 1. The molecule has 1 aliphatic rings. The molecule has 1 saturated heterocycles. The van der Waals surface area contributed by atoms with Gasteiger partial charge in [0.25, 0.3) is 0 Å². The average Bonchev–Trinajstić information content (AvgIpc) is 3.33. The van der Waals surface area contributed by atoms with Gasteiger partial charge >= 0.3 is 0 Å². The van der Waals surface area contributed by atoms with Gasteiger partial charge in [-0.1, -0.05) is 18.2 Å². The Morgan fingerprint density at radius 3 is 2.39 bits per heavy atom. The van der Waals surface area contributed by atoms with Gasteiger partial charge in [0.2, 0.25) is 5.88 Å². The fourth-order valence-electron chi connectivity index (χ4n) is 3.67. The number of methoxy groups -OCH3 is 2. The van der Waals surface area contributed by atoms with Crippen LogP contribution < -0.4 is 20.1 Å². The molecule has 2 N–H and O–H groups in total. The first-order valence-corrected chi connectivity index (χ1v) is 10.6. The third-order valence-corrected chi connectivity index (χ3v) is 5.32. The Bertz CT molecular complexity index is 793. The van der Waals surface area contributed by atoms with Gasteiger partial charge in [-0.2, -0.15) is 0 Å². The highest BCUT2D eigenvalue weighted by molar-refractivity contribution is 14.0. The number of rotatable bonds is 9. The van der Waals surface area contributed by atoms with Gasteiger partial charge < -0.3 is 20.1 Å². The van der Waals surface area contributed by atoms with Crippen molar-refractivity contribution >= 4 is 29.9 Å². The Balaban J connectivity index is 0.00000341. The predicted octanol–water partition coefficient (Wildman–Crippen LogP) is 3.61. The fraction of sp³-hybridized carbons (Fsp3) is 0.478. The lowest BCUT2D eigenvalue weighted by Crippen LogP contribution is -2.42. The highest BCUT2D eigenvalue weighted by atomic mass is 127. The SMILES string of the molecule is CCNC(=NCc1ccc(OC)nc1)NCC(c1ccc(OC)cc1)N1CCCC1.I. The van der Waals surface area contributed by atoms with E-state index in [2.05, 4.69) is 39.6 Å². The van der Waals surface area contributed by atoms with Gasteiger partial charge in [-0.15, -0.1) is 24.0 Å². The van der Waals surface area contributed by atoms with Crippen molar-refractivity contribution in [3.63, 3.8) is 0 Å². The summed E-state index contributed by atoms with van der Waals surface area (Å²) in [6.07, 6.45) is 4.31. The van der Waals surface area contributed by atoms with Gasteiger partial charge in [0.1, 0.15) is 5.75 Å². The number of pyridine rings is 1. The second kappa shape index (κ2) is 13.4. The van der Waals surface area contributed by atoms with Crippen molar-refractivity contribution in [2.24, 2.45) is 4.99 Å². The van der Waals surface area contributed by atoms with Crippen LogP contribution in [0.15, 0.2) is 47.6 Å². The summed E-state index contributed by atoms with van der Waals surface area (Å²) in [5.41, 5.74) is 2.33. The van der Waals surface area contributed by atoms with Crippen molar-refractivity contribution in [2.45, 2.75) is 32.4 Å². The molecule has 8 heteroatoms. The molecular weight excluding hydrogens is 505 g/mol. The van der Waals surface area contributed by atoms with E-state index < -0.39 is 0 Å². The Labute approximate surface area is 202 Å². The van der Waals surface area contributed by atoms with Crippen molar-refractivity contribution in [1.82, 2.24) is 20.5 Å². The number of nitrogens with zero attached hydrogens (tertiary/aromatic N) is 3. The second-order valence-corrected chi connectivity index (χ2v) is 7.32. The van der Waals surface area contributed by atoms with Crippen LogP contribution in [0.5, 0.6) is 11.6 Å². The summed E-state index contributed by atoms with van der Waals surface area (Å²) in [6.45, 7) is 6.49. The van der Waals surface area contributed by atoms with Crippen LogP contribution in [0.4, 0.5) is 0 Å². The molecule has 0 radical (unpaired) electrons. The molecule has 1 aromatic heterocycles. The third-order valence-electron chi connectivity index (χ3n) is 5.32. The first kappa shape index (κ1) is 25.2. The van der Waals surface area contributed by atoms with Crippen LogP contribution in [0.25, 0.3) is 0 Å². The molecule has 0 saturated carbocycles. The van der Waals surface area contributed by atoms with Gasteiger partial charge in [-0.05, 0) is 56.1 Å². The molecule has 2 aromatic rings. The molecule has 31 heavy (non-hydrogen) atoms. The average molecular weight is 539 g/mol. The second-order valence-electron chi connectivity index (χ2n) is 7.32. The van der Waals surface area contributed by atoms with E-state index in [0.717, 1.165) is 43.5 Å². The summed E-state index contributed by atoms with van der Waals surface area (Å²) in [5, 5.41) is 6.88. The number of nitrogens with one attached hydrogen (secondary N) is 2. The molecule has 1 unspecified atom stereocenters. The van der Waals surface area contributed by atoms with Crippen LogP contribution in [-0.2, 0) is 6.54 Å². The minimum absolute atomic E-state index is 0.